The molecule has 0 spiro atoms. The third-order valence-corrected chi connectivity index (χ3v) is 4.63. The second-order valence-corrected chi connectivity index (χ2v) is 6.18. The van der Waals surface area contributed by atoms with Gasteiger partial charge in [0, 0.05) is 24.0 Å². The van der Waals surface area contributed by atoms with Gasteiger partial charge in [0.1, 0.15) is 5.82 Å². The molecule has 0 saturated heterocycles. The zero-order chi connectivity index (χ0) is 15.6. The van der Waals surface area contributed by atoms with E-state index < -0.39 is 0 Å². The van der Waals surface area contributed by atoms with Crippen LogP contribution in [0, 0.1) is 12.7 Å². The summed E-state index contributed by atoms with van der Waals surface area (Å²) in [5, 5.41) is 8.45. The van der Waals surface area contributed by atoms with Crippen molar-refractivity contribution >= 4 is 27.5 Å². The van der Waals surface area contributed by atoms with Crippen LogP contribution < -0.4 is 5.32 Å². The fourth-order valence-corrected chi connectivity index (χ4v) is 3.28. The summed E-state index contributed by atoms with van der Waals surface area (Å²) in [7, 11) is 1.89. The van der Waals surface area contributed by atoms with Gasteiger partial charge in [-0.3, -0.25) is 4.68 Å². The van der Waals surface area contributed by atoms with Gasteiger partial charge in [0.25, 0.3) is 0 Å². The van der Waals surface area contributed by atoms with Gasteiger partial charge in [-0.2, -0.15) is 5.10 Å². The Bertz CT molecular complexity index is 642. The van der Waals surface area contributed by atoms with Crippen LogP contribution >= 0.6 is 27.5 Å². The second kappa shape index (κ2) is 6.90. The van der Waals surface area contributed by atoms with Gasteiger partial charge in [0.05, 0.1) is 16.4 Å². The molecule has 6 heteroatoms. The Kier molecular flexibility index (Phi) is 5.41. The summed E-state index contributed by atoms with van der Waals surface area (Å²) in [5.74, 6) is -0.254. The summed E-state index contributed by atoms with van der Waals surface area (Å²) in [4.78, 5) is 0. The highest BCUT2D eigenvalue weighted by molar-refractivity contribution is 9.10. The van der Waals surface area contributed by atoms with Gasteiger partial charge in [-0.25, -0.2) is 4.39 Å². The van der Waals surface area contributed by atoms with E-state index in [1.54, 1.807) is 10.7 Å². The van der Waals surface area contributed by atoms with E-state index in [4.69, 9.17) is 11.6 Å². The molecule has 3 nitrogen and oxygen atoms in total. The van der Waals surface area contributed by atoms with Crippen LogP contribution in [0.3, 0.4) is 0 Å². The number of aromatic nitrogens is 2. The van der Waals surface area contributed by atoms with Crippen LogP contribution in [0.15, 0.2) is 22.7 Å². The summed E-state index contributed by atoms with van der Waals surface area (Å²) >= 11 is 9.77. The Morgan fingerprint density at radius 1 is 1.48 bits per heavy atom. The van der Waals surface area contributed by atoms with Crippen LogP contribution in [-0.2, 0) is 13.5 Å². The van der Waals surface area contributed by atoms with Crippen molar-refractivity contribution in [2.24, 2.45) is 7.05 Å². The first-order chi connectivity index (χ1) is 9.93. The summed E-state index contributed by atoms with van der Waals surface area (Å²) in [6, 6.07) is 4.79. The van der Waals surface area contributed by atoms with E-state index in [0.29, 0.717) is 11.4 Å². The Morgan fingerprint density at radius 3 is 2.71 bits per heavy atom. The number of likely N-dealkylation sites (N-methyl/N-ethyl adjacent to an activating group) is 1. The van der Waals surface area contributed by atoms with E-state index in [9.17, 15) is 4.39 Å². The van der Waals surface area contributed by atoms with Gasteiger partial charge in [0.15, 0.2) is 0 Å². The molecule has 0 aliphatic rings. The summed E-state index contributed by atoms with van der Waals surface area (Å²) in [6.07, 6.45) is 0.689. The molecule has 0 aliphatic carbocycles. The molecular weight excluding hydrogens is 357 g/mol. The van der Waals surface area contributed by atoms with Crippen LogP contribution in [-0.4, -0.2) is 16.3 Å². The number of nitrogens with one attached hydrogen (secondary N) is 1. The summed E-state index contributed by atoms with van der Waals surface area (Å²) in [5.41, 5.74) is 2.80. The van der Waals surface area contributed by atoms with E-state index in [0.717, 1.165) is 28.0 Å². The third-order valence-electron chi connectivity index (χ3n) is 3.45. The summed E-state index contributed by atoms with van der Waals surface area (Å²) in [6.45, 7) is 4.74. The number of aryl methyl sites for hydroxylation is 2. The molecule has 1 N–H and O–H groups in total. The maximum Gasteiger partial charge on any atom is 0.124 e. The highest BCUT2D eigenvalue weighted by Gasteiger charge is 2.20. The van der Waals surface area contributed by atoms with Crippen molar-refractivity contribution in [1.82, 2.24) is 15.1 Å². The Balaban J connectivity index is 2.35. The van der Waals surface area contributed by atoms with E-state index in [1.807, 2.05) is 20.9 Å². The predicted molar refractivity (Wildman–Crippen MR) is 87.2 cm³/mol. The fraction of sp³-hybridized carbons (Fsp3) is 0.400. The first-order valence-corrected chi connectivity index (χ1v) is 7.97. The highest BCUT2D eigenvalue weighted by atomic mass is 79.9. The Morgan fingerprint density at radius 2 is 2.19 bits per heavy atom. The van der Waals surface area contributed by atoms with Gasteiger partial charge < -0.3 is 5.32 Å². The van der Waals surface area contributed by atoms with Crippen LogP contribution in [0.25, 0.3) is 0 Å². The van der Waals surface area contributed by atoms with Gasteiger partial charge in [-0.1, -0.05) is 40.5 Å². The zero-order valence-electron chi connectivity index (χ0n) is 12.3. The lowest BCUT2D eigenvalue weighted by molar-refractivity contribution is 0.525. The number of rotatable bonds is 5. The van der Waals surface area contributed by atoms with Crippen molar-refractivity contribution in [1.29, 1.82) is 0 Å². The number of benzene rings is 1. The topological polar surface area (TPSA) is 29.9 Å². The highest BCUT2D eigenvalue weighted by Crippen LogP contribution is 2.30. The maximum absolute atomic E-state index is 13.3. The first-order valence-electron chi connectivity index (χ1n) is 6.80. The molecule has 2 aromatic rings. The Hall–Kier alpha value is -0.910. The van der Waals surface area contributed by atoms with Crippen LogP contribution in [0.5, 0.6) is 0 Å². The quantitative estimate of drug-likeness (QED) is 0.851. The van der Waals surface area contributed by atoms with Gasteiger partial charge in [-0.05, 0) is 31.2 Å². The molecule has 1 aromatic heterocycles. The molecule has 0 bridgehead atoms. The van der Waals surface area contributed by atoms with E-state index in [2.05, 4.69) is 26.3 Å². The number of hydrogen-bond donors (Lipinski definition) is 1. The van der Waals surface area contributed by atoms with Gasteiger partial charge in [0.2, 0.25) is 0 Å². The lowest BCUT2D eigenvalue weighted by Crippen LogP contribution is -2.24. The second-order valence-electron chi connectivity index (χ2n) is 4.95. The minimum atomic E-state index is -0.254. The average molecular weight is 375 g/mol. The van der Waals surface area contributed by atoms with Crippen LogP contribution in [0.2, 0.25) is 5.02 Å². The van der Waals surface area contributed by atoms with Crippen LogP contribution in [0.4, 0.5) is 4.39 Å². The van der Waals surface area contributed by atoms with Crippen molar-refractivity contribution in [2.75, 3.05) is 6.54 Å². The largest absolute Gasteiger partial charge is 0.310 e. The van der Waals surface area contributed by atoms with Crippen molar-refractivity contribution in [3.8, 4) is 0 Å². The van der Waals surface area contributed by atoms with E-state index in [1.165, 1.54) is 12.1 Å². The molecule has 0 fully saturated rings. The number of nitrogens with zero attached hydrogens (tertiary/aromatic N) is 2. The maximum atomic E-state index is 13.3. The number of hydrogen-bond acceptors (Lipinski definition) is 2. The molecule has 114 valence electrons. The molecule has 1 unspecified atom stereocenters. The zero-order valence-corrected chi connectivity index (χ0v) is 14.6. The van der Waals surface area contributed by atoms with Gasteiger partial charge in [-0.15, -0.1) is 0 Å². The summed E-state index contributed by atoms with van der Waals surface area (Å²) < 4.78 is 15.8. The van der Waals surface area contributed by atoms with Crippen molar-refractivity contribution < 1.29 is 4.39 Å². The standard InChI is InChI=1S/C15H18BrClFN3/c1-4-19-13(11-6-5-10(18)7-12(11)16)8-14-15(17)9(2)20-21(14)3/h5-7,13,19H,4,8H2,1-3H3. The average Bonchev–Trinajstić information content (AvgIpc) is 2.65. The molecule has 0 saturated carbocycles. The molecule has 1 atom stereocenters. The minimum absolute atomic E-state index is 0.0391. The lowest BCUT2D eigenvalue weighted by atomic mass is 10.0. The first kappa shape index (κ1) is 16.5. The normalized spacial score (nSPS) is 12.7. The molecule has 2 rings (SSSR count). The Labute approximate surface area is 137 Å². The SMILES string of the molecule is CCNC(Cc1c(Cl)c(C)nn1C)c1ccc(F)cc1Br. The van der Waals surface area contributed by atoms with Crippen molar-refractivity contribution in [3.05, 3.63) is 50.5 Å². The lowest BCUT2D eigenvalue weighted by Gasteiger charge is -2.20. The molecule has 1 heterocycles. The molecular formula is C15H18BrClFN3. The van der Waals surface area contributed by atoms with E-state index in [-0.39, 0.29) is 11.9 Å². The van der Waals surface area contributed by atoms with Crippen molar-refractivity contribution in [2.45, 2.75) is 26.3 Å². The fourth-order valence-electron chi connectivity index (χ4n) is 2.42. The molecule has 0 radical (unpaired) electrons. The molecule has 0 amide bonds. The molecule has 0 aliphatic heterocycles. The number of halogens is 3. The van der Waals surface area contributed by atoms with Crippen molar-refractivity contribution in [3.63, 3.8) is 0 Å². The molecule has 21 heavy (non-hydrogen) atoms. The van der Waals surface area contributed by atoms with E-state index >= 15 is 0 Å². The van der Waals surface area contributed by atoms with Crippen LogP contribution in [0.1, 0.15) is 29.9 Å². The van der Waals surface area contributed by atoms with Gasteiger partial charge >= 0.3 is 0 Å². The minimum Gasteiger partial charge on any atom is -0.310 e. The monoisotopic (exact) mass is 373 g/mol. The molecule has 1 aromatic carbocycles. The smallest absolute Gasteiger partial charge is 0.124 e. The third kappa shape index (κ3) is 3.65. The predicted octanol–water partition coefficient (Wildman–Crippen LogP) is 4.18.